The second-order valence-corrected chi connectivity index (χ2v) is 5.73. The van der Waals surface area contributed by atoms with E-state index in [9.17, 15) is 9.59 Å². The van der Waals surface area contributed by atoms with Gasteiger partial charge in [-0.15, -0.1) is 0 Å². The van der Waals surface area contributed by atoms with Gasteiger partial charge in [0.2, 0.25) is 5.91 Å². The van der Waals surface area contributed by atoms with Gasteiger partial charge in [-0.25, -0.2) is 4.79 Å². The minimum Gasteiger partial charge on any atom is -0.480 e. The molecule has 1 amide bonds. The Morgan fingerprint density at radius 2 is 1.81 bits per heavy atom. The van der Waals surface area contributed by atoms with Crippen LogP contribution in [0.2, 0.25) is 0 Å². The molecule has 0 aliphatic rings. The number of carboxylic acid groups (broad SMARTS) is 1. The second kappa shape index (κ2) is 7.81. The summed E-state index contributed by atoms with van der Waals surface area (Å²) in [5, 5.41) is 11.7. The van der Waals surface area contributed by atoms with Crippen molar-refractivity contribution in [3.8, 4) is 0 Å². The number of unbranched alkanes of at least 4 members (excludes halogenated alkanes) is 1. The number of carboxylic acids is 1. The normalized spacial score (nSPS) is 13.5. The fourth-order valence-electron chi connectivity index (χ4n) is 2.03. The quantitative estimate of drug-likeness (QED) is 0.723. The van der Waals surface area contributed by atoms with Gasteiger partial charge in [0.25, 0.3) is 0 Å². The van der Waals surface area contributed by atoms with Crippen LogP contribution in [0.15, 0.2) is 24.3 Å². The van der Waals surface area contributed by atoms with Crippen molar-refractivity contribution in [2.24, 2.45) is 0 Å². The highest BCUT2D eigenvalue weighted by Crippen LogP contribution is 2.11. The molecule has 1 atom stereocenters. The molecule has 4 nitrogen and oxygen atoms in total. The molecule has 1 rings (SSSR count). The van der Waals surface area contributed by atoms with Crippen LogP contribution in [0.25, 0.3) is 0 Å². The Kier molecular flexibility index (Phi) is 6.40. The zero-order valence-electron chi connectivity index (χ0n) is 13.1. The zero-order valence-corrected chi connectivity index (χ0v) is 13.1. The minimum absolute atomic E-state index is 0.189. The maximum absolute atomic E-state index is 11.8. The summed E-state index contributed by atoms with van der Waals surface area (Å²) in [7, 11) is 0. The molecule has 1 unspecified atom stereocenters. The van der Waals surface area contributed by atoms with Crippen molar-refractivity contribution in [2.75, 3.05) is 0 Å². The van der Waals surface area contributed by atoms with Gasteiger partial charge in [-0.05, 0) is 45.1 Å². The van der Waals surface area contributed by atoms with Crippen LogP contribution in [-0.2, 0) is 16.0 Å². The van der Waals surface area contributed by atoms with E-state index >= 15 is 0 Å². The highest BCUT2D eigenvalue weighted by atomic mass is 16.4. The van der Waals surface area contributed by atoms with Crippen LogP contribution >= 0.6 is 0 Å². The summed E-state index contributed by atoms with van der Waals surface area (Å²) < 4.78 is 0. The number of hydrogen-bond donors (Lipinski definition) is 2. The van der Waals surface area contributed by atoms with Gasteiger partial charge in [0, 0.05) is 6.42 Å². The second-order valence-electron chi connectivity index (χ2n) is 5.73. The SMILES string of the molecule is CCC(C)(NC(=O)CCCCc1ccc(C)cc1)C(=O)O. The number of carbonyl (C=O) groups excluding carboxylic acids is 1. The van der Waals surface area contributed by atoms with Crippen molar-refractivity contribution in [1.82, 2.24) is 5.32 Å². The number of aliphatic carboxylic acids is 1. The molecule has 0 aromatic heterocycles. The predicted molar refractivity (Wildman–Crippen MR) is 83.2 cm³/mol. The Morgan fingerprint density at radius 3 is 2.33 bits per heavy atom. The largest absolute Gasteiger partial charge is 0.480 e. The van der Waals surface area contributed by atoms with E-state index in [1.807, 2.05) is 0 Å². The van der Waals surface area contributed by atoms with E-state index in [0.717, 1.165) is 19.3 Å². The first-order valence-corrected chi connectivity index (χ1v) is 7.47. The van der Waals surface area contributed by atoms with E-state index in [4.69, 9.17) is 5.11 Å². The number of hydrogen-bond acceptors (Lipinski definition) is 2. The number of benzene rings is 1. The maximum Gasteiger partial charge on any atom is 0.329 e. The number of aryl methyl sites for hydroxylation is 2. The lowest BCUT2D eigenvalue weighted by atomic mass is 9.98. The van der Waals surface area contributed by atoms with Crippen molar-refractivity contribution >= 4 is 11.9 Å². The molecule has 2 N–H and O–H groups in total. The standard InChI is InChI=1S/C17H25NO3/c1-4-17(3,16(20)21)18-15(19)8-6-5-7-14-11-9-13(2)10-12-14/h9-12H,4-8H2,1-3H3,(H,18,19)(H,20,21). The summed E-state index contributed by atoms with van der Waals surface area (Å²) in [6, 6.07) is 8.38. The molecule has 116 valence electrons. The Balaban J connectivity index is 2.30. The topological polar surface area (TPSA) is 66.4 Å². The molecule has 1 aromatic carbocycles. The Hall–Kier alpha value is -1.84. The molecule has 0 saturated carbocycles. The smallest absolute Gasteiger partial charge is 0.329 e. The van der Waals surface area contributed by atoms with Crippen molar-refractivity contribution < 1.29 is 14.7 Å². The average molecular weight is 291 g/mol. The number of amides is 1. The Labute approximate surface area is 126 Å². The summed E-state index contributed by atoms with van der Waals surface area (Å²) in [4.78, 5) is 22.9. The predicted octanol–water partition coefficient (Wildman–Crippen LogP) is 3.08. The molecular formula is C17H25NO3. The lowest BCUT2D eigenvalue weighted by Gasteiger charge is -2.24. The van der Waals surface area contributed by atoms with Gasteiger partial charge in [-0.1, -0.05) is 36.8 Å². The Bertz CT molecular complexity index is 481. The highest BCUT2D eigenvalue weighted by molar-refractivity contribution is 5.86. The van der Waals surface area contributed by atoms with E-state index < -0.39 is 11.5 Å². The average Bonchev–Trinajstić information content (AvgIpc) is 2.45. The highest BCUT2D eigenvalue weighted by Gasteiger charge is 2.32. The van der Waals surface area contributed by atoms with Gasteiger partial charge in [-0.3, -0.25) is 4.79 Å². The summed E-state index contributed by atoms with van der Waals surface area (Å²) in [5.74, 6) is -1.18. The molecule has 0 aliphatic heterocycles. The van der Waals surface area contributed by atoms with Crippen LogP contribution in [0.5, 0.6) is 0 Å². The van der Waals surface area contributed by atoms with Gasteiger partial charge < -0.3 is 10.4 Å². The lowest BCUT2D eigenvalue weighted by Crippen LogP contribution is -2.51. The molecule has 0 fully saturated rings. The molecule has 0 aliphatic carbocycles. The molecule has 0 heterocycles. The van der Waals surface area contributed by atoms with Crippen molar-refractivity contribution in [3.05, 3.63) is 35.4 Å². The van der Waals surface area contributed by atoms with Crippen molar-refractivity contribution in [1.29, 1.82) is 0 Å². The third-order valence-electron chi connectivity index (χ3n) is 3.83. The van der Waals surface area contributed by atoms with Gasteiger partial charge in [0.05, 0.1) is 0 Å². The number of rotatable bonds is 8. The number of nitrogens with one attached hydrogen (secondary N) is 1. The first-order chi connectivity index (χ1) is 9.87. The number of carbonyl (C=O) groups is 2. The molecular weight excluding hydrogens is 266 g/mol. The van der Waals surface area contributed by atoms with Gasteiger partial charge in [0.15, 0.2) is 0 Å². The molecule has 0 saturated heterocycles. The van der Waals surface area contributed by atoms with Crippen LogP contribution in [0, 0.1) is 6.92 Å². The third-order valence-corrected chi connectivity index (χ3v) is 3.83. The Morgan fingerprint density at radius 1 is 1.19 bits per heavy atom. The molecule has 4 heteroatoms. The zero-order chi connectivity index (χ0) is 15.9. The van der Waals surface area contributed by atoms with E-state index in [2.05, 4.69) is 36.5 Å². The molecule has 21 heavy (non-hydrogen) atoms. The van der Waals surface area contributed by atoms with E-state index in [0.29, 0.717) is 12.8 Å². The minimum atomic E-state index is -1.16. The van der Waals surface area contributed by atoms with Crippen molar-refractivity contribution in [2.45, 2.75) is 58.4 Å². The van der Waals surface area contributed by atoms with Gasteiger partial charge in [-0.2, -0.15) is 0 Å². The fraction of sp³-hybridized carbons (Fsp3) is 0.529. The van der Waals surface area contributed by atoms with Crippen LogP contribution < -0.4 is 5.32 Å². The lowest BCUT2D eigenvalue weighted by molar-refractivity contribution is -0.147. The van der Waals surface area contributed by atoms with Crippen LogP contribution in [0.1, 0.15) is 50.7 Å². The monoisotopic (exact) mass is 291 g/mol. The summed E-state index contributed by atoms with van der Waals surface area (Å²) in [6.45, 7) is 5.35. The maximum atomic E-state index is 11.8. The molecule has 0 radical (unpaired) electrons. The van der Waals surface area contributed by atoms with Gasteiger partial charge in [0.1, 0.15) is 5.54 Å². The van der Waals surface area contributed by atoms with Crippen LogP contribution in [0.4, 0.5) is 0 Å². The van der Waals surface area contributed by atoms with Gasteiger partial charge >= 0.3 is 5.97 Å². The summed E-state index contributed by atoms with van der Waals surface area (Å²) >= 11 is 0. The molecule has 0 spiro atoms. The molecule has 0 bridgehead atoms. The van der Waals surface area contributed by atoms with E-state index in [1.165, 1.54) is 11.1 Å². The van der Waals surface area contributed by atoms with Crippen LogP contribution in [-0.4, -0.2) is 22.5 Å². The first-order valence-electron chi connectivity index (χ1n) is 7.47. The first kappa shape index (κ1) is 17.2. The van der Waals surface area contributed by atoms with E-state index in [1.54, 1.807) is 13.8 Å². The fourth-order valence-corrected chi connectivity index (χ4v) is 2.03. The molecule has 1 aromatic rings. The van der Waals surface area contributed by atoms with Crippen molar-refractivity contribution in [3.63, 3.8) is 0 Å². The van der Waals surface area contributed by atoms with Crippen LogP contribution in [0.3, 0.4) is 0 Å². The summed E-state index contributed by atoms with van der Waals surface area (Å²) in [6.07, 6.45) is 3.37. The third kappa shape index (κ3) is 5.58. The summed E-state index contributed by atoms with van der Waals surface area (Å²) in [5.41, 5.74) is 1.35. The van der Waals surface area contributed by atoms with E-state index in [-0.39, 0.29) is 5.91 Å².